The van der Waals surface area contributed by atoms with Crippen molar-refractivity contribution in [3.63, 3.8) is 0 Å². The van der Waals surface area contributed by atoms with Crippen LogP contribution in [0.5, 0.6) is 0 Å². The molecule has 1 N–H and O–H groups in total. The fourth-order valence-electron chi connectivity index (χ4n) is 7.78. The van der Waals surface area contributed by atoms with E-state index in [1.54, 1.807) is 13.3 Å². The van der Waals surface area contributed by atoms with Gasteiger partial charge < -0.3 is 24.8 Å². The second kappa shape index (κ2) is 14.0. The minimum atomic E-state index is -3.10. The van der Waals surface area contributed by atoms with Crippen LogP contribution >= 0.6 is 0 Å². The summed E-state index contributed by atoms with van der Waals surface area (Å²) < 4.78 is 29.9. The summed E-state index contributed by atoms with van der Waals surface area (Å²) in [5.74, 6) is 2.36. The third-order valence-electron chi connectivity index (χ3n) is 10.4. The summed E-state index contributed by atoms with van der Waals surface area (Å²) in [5, 5.41) is 5.53. The van der Waals surface area contributed by atoms with E-state index in [1.807, 2.05) is 17.2 Å². The van der Waals surface area contributed by atoms with Gasteiger partial charge in [-0.3, -0.25) is 4.79 Å². The number of pyridine rings is 1. The van der Waals surface area contributed by atoms with Gasteiger partial charge in [-0.2, -0.15) is 4.98 Å². The lowest BCUT2D eigenvalue weighted by atomic mass is 9.82. The van der Waals surface area contributed by atoms with Gasteiger partial charge in [0, 0.05) is 75.0 Å². The van der Waals surface area contributed by atoms with Crippen LogP contribution in [-0.2, 0) is 19.4 Å². The number of hydrogen-bond acceptors (Lipinski definition) is 10. The van der Waals surface area contributed by atoms with E-state index in [4.69, 9.17) is 14.7 Å². The highest BCUT2D eigenvalue weighted by molar-refractivity contribution is 7.90. The molecule has 1 aromatic carbocycles. The number of carbonyl (C=O) groups excluding carboxylic acids is 1. The molecule has 2 aromatic heterocycles. The molecule has 1 amide bonds. The number of sulfone groups is 1. The highest BCUT2D eigenvalue weighted by Crippen LogP contribution is 2.45. The van der Waals surface area contributed by atoms with Crippen LogP contribution in [0.1, 0.15) is 76.0 Å². The van der Waals surface area contributed by atoms with Crippen LogP contribution in [0.25, 0.3) is 10.8 Å². The number of nitrogens with one attached hydrogen (secondary N) is 1. The molecule has 6 rings (SSSR count). The predicted octanol–water partition coefficient (Wildman–Crippen LogP) is 5.62. The predicted molar refractivity (Wildman–Crippen MR) is 192 cm³/mol. The van der Waals surface area contributed by atoms with E-state index < -0.39 is 9.84 Å². The summed E-state index contributed by atoms with van der Waals surface area (Å²) >= 11 is 0. The smallest absolute Gasteiger partial charge is 0.246 e. The summed E-state index contributed by atoms with van der Waals surface area (Å²) in [6.45, 7) is 13.3. The van der Waals surface area contributed by atoms with Gasteiger partial charge in [0.2, 0.25) is 11.9 Å². The molecule has 3 saturated heterocycles. The molecule has 0 aliphatic carbocycles. The van der Waals surface area contributed by atoms with Crippen molar-refractivity contribution in [2.75, 3.05) is 60.4 Å². The molecule has 0 radical (unpaired) electrons. The van der Waals surface area contributed by atoms with Crippen molar-refractivity contribution in [1.82, 2.24) is 19.9 Å². The lowest BCUT2D eigenvalue weighted by Crippen LogP contribution is -2.57. The van der Waals surface area contributed by atoms with E-state index in [9.17, 15) is 13.2 Å². The van der Waals surface area contributed by atoms with E-state index >= 15 is 0 Å². The Hall–Kier alpha value is -3.77. The third-order valence-corrected chi connectivity index (χ3v) is 11.4. The van der Waals surface area contributed by atoms with E-state index in [0.717, 1.165) is 67.2 Å². The van der Waals surface area contributed by atoms with Crippen LogP contribution in [-0.4, -0.2) is 91.6 Å². The van der Waals surface area contributed by atoms with Crippen LogP contribution in [0, 0.1) is 5.92 Å². The molecule has 5 heterocycles. The second-order valence-electron chi connectivity index (χ2n) is 14.0. The minimum absolute atomic E-state index is 0.0455. The first-order chi connectivity index (χ1) is 23.0. The van der Waals surface area contributed by atoms with Crippen molar-refractivity contribution in [2.24, 2.45) is 5.92 Å². The molecule has 0 spiro atoms. The van der Waals surface area contributed by atoms with Gasteiger partial charge in [0.05, 0.1) is 17.9 Å². The summed E-state index contributed by atoms with van der Waals surface area (Å²) in [4.78, 5) is 33.8. The maximum atomic E-state index is 13.1. The molecule has 12 heteroatoms. The van der Waals surface area contributed by atoms with E-state index in [2.05, 4.69) is 59.6 Å². The van der Waals surface area contributed by atoms with Crippen LogP contribution in [0.2, 0.25) is 0 Å². The molecular weight excluding hydrogens is 627 g/mol. The Kier molecular flexibility index (Phi) is 9.94. The van der Waals surface area contributed by atoms with Gasteiger partial charge >= 0.3 is 0 Å². The molecule has 0 unspecified atom stereocenters. The van der Waals surface area contributed by atoms with Crippen LogP contribution < -0.4 is 15.1 Å². The Morgan fingerprint density at radius 1 is 1.10 bits per heavy atom. The molecule has 48 heavy (non-hydrogen) atoms. The first-order valence-electron chi connectivity index (χ1n) is 17.2. The number of fused-ring (bicyclic) bond motifs is 1. The first-order valence-corrected chi connectivity index (χ1v) is 19.2. The highest BCUT2D eigenvalue weighted by atomic mass is 32.2. The molecule has 3 atom stereocenters. The van der Waals surface area contributed by atoms with Crippen LogP contribution in [0.4, 0.5) is 23.3 Å². The lowest BCUT2D eigenvalue weighted by molar-refractivity contribution is -0.129. The number of methoxy groups -OCH3 is 1. The van der Waals surface area contributed by atoms with Gasteiger partial charge in [-0.25, -0.2) is 18.4 Å². The van der Waals surface area contributed by atoms with Crippen molar-refractivity contribution in [3.05, 3.63) is 54.4 Å². The Balaban J connectivity index is 1.41. The molecule has 258 valence electrons. The number of benzene rings is 1. The third kappa shape index (κ3) is 7.01. The number of aromatic nitrogens is 3. The fraction of sp³-hybridized carbons (Fsp3) is 0.556. The molecular formula is C36H49N7O4S. The van der Waals surface area contributed by atoms with E-state index in [0.29, 0.717) is 30.7 Å². The number of likely N-dealkylation sites (tertiary alicyclic amines) is 1. The number of anilines is 4. The maximum absolute atomic E-state index is 13.1. The van der Waals surface area contributed by atoms with Crippen LogP contribution in [0.15, 0.2) is 43.2 Å². The monoisotopic (exact) mass is 675 g/mol. The summed E-state index contributed by atoms with van der Waals surface area (Å²) in [6, 6.07) is 6.17. The van der Waals surface area contributed by atoms with Gasteiger partial charge in [0.25, 0.3) is 0 Å². The van der Waals surface area contributed by atoms with Gasteiger partial charge in [-0.05, 0) is 85.7 Å². The maximum Gasteiger partial charge on any atom is 0.246 e. The van der Waals surface area contributed by atoms with Gasteiger partial charge in [-0.15, -0.1) is 0 Å². The number of hydrogen-bond donors (Lipinski definition) is 1. The zero-order chi connectivity index (χ0) is 34.2. The molecule has 0 saturated carbocycles. The van der Waals surface area contributed by atoms with E-state index in [1.165, 1.54) is 17.9 Å². The SMILES string of the molecule is C=CC(=O)N1CCCC[C@H]1c1cc(N2C[C@H](CS(C)(=O)=O)[C@H]2C)c2cnc(Nc3ccnc(N4CCC(OC)CC4)n3)cc2c1C(C)C. The number of rotatable bonds is 10. The zero-order valence-corrected chi connectivity index (χ0v) is 29.7. The number of nitrogens with zero attached hydrogens (tertiary/aromatic N) is 6. The molecule has 11 nitrogen and oxygen atoms in total. The minimum Gasteiger partial charge on any atom is -0.381 e. The van der Waals surface area contributed by atoms with E-state index in [-0.39, 0.29) is 41.7 Å². The number of amides is 1. The molecule has 3 aliphatic rings. The average molecular weight is 676 g/mol. The normalized spacial score (nSPS) is 22.2. The quantitative estimate of drug-likeness (QED) is 0.271. The summed E-state index contributed by atoms with van der Waals surface area (Å²) in [6.07, 6.45) is 11.5. The molecule has 0 bridgehead atoms. The summed E-state index contributed by atoms with van der Waals surface area (Å²) in [7, 11) is -1.33. The summed E-state index contributed by atoms with van der Waals surface area (Å²) in [5.41, 5.74) is 3.36. The second-order valence-corrected chi connectivity index (χ2v) is 16.1. The zero-order valence-electron chi connectivity index (χ0n) is 28.9. The largest absolute Gasteiger partial charge is 0.381 e. The van der Waals surface area contributed by atoms with Gasteiger partial charge in [0.1, 0.15) is 21.5 Å². The Labute approximate surface area is 284 Å². The fourth-order valence-corrected chi connectivity index (χ4v) is 8.94. The van der Waals surface area contributed by atoms with Crippen molar-refractivity contribution in [1.29, 1.82) is 0 Å². The number of piperidine rings is 2. The lowest BCUT2D eigenvalue weighted by Gasteiger charge is -2.49. The van der Waals surface area contributed by atoms with Crippen molar-refractivity contribution in [2.45, 2.75) is 77.0 Å². The van der Waals surface area contributed by atoms with Crippen molar-refractivity contribution in [3.8, 4) is 0 Å². The van der Waals surface area contributed by atoms with Gasteiger partial charge in [-0.1, -0.05) is 20.4 Å². The molecule has 3 fully saturated rings. The van der Waals surface area contributed by atoms with Gasteiger partial charge in [0.15, 0.2) is 0 Å². The topological polar surface area (TPSA) is 121 Å². The standard InChI is InChI=1S/C36H49N7O4S/c1-7-34(44)42-15-9-8-10-30(42)28-18-31(43-21-25(24(43)4)22-48(6,45)46)29-20-38-33(19-27(29)35(28)23(2)3)39-32-11-14-37-36(40-32)41-16-12-26(47-5)13-17-41/h7,11,14,18-20,23-26,30H,1,8-10,12-13,15-17,21-22H2,2-6H3,(H,37,38,39,40)/t24-,25-,30+/m1/s1. The van der Waals surface area contributed by atoms with Crippen LogP contribution in [0.3, 0.4) is 0 Å². The highest BCUT2D eigenvalue weighted by Gasteiger charge is 2.39. The van der Waals surface area contributed by atoms with Crippen molar-refractivity contribution < 1.29 is 17.9 Å². The molecule has 3 aromatic rings. The molecule has 3 aliphatic heterocycles. The first kappa shape index (κ1) is 34.1. The Morgan fingerprint density at radius 3 is 2.54 bits per heavy atom. The van der Waals surface area contributed by atoms with Crippen molar-refractivity contribution >= 4 is 49.8 Å². The average Bonchev–Trinajstić information content (AvgIpc) is 3.08. The Bertz CT molecular complexity index is 1770. The number of ether oxygens (including phenoxy) is 1. The Morgan fingerprint density at radius 2 is 1.88 bits per heavy atom. The number of carbonyl (C=O) groups is 1.